The summed E-state index contributed by atoms with van der Waals surface area (Å²) in [5.74, 6) is 0. The molecule has 1 heterocycles. The second-order valence-corrected chi connectivity index (χ2v) is 4.35. The number of nitrogens with zero attached hydrogens (tertiary/aromatic N) is 1. The number of nitrogens with one attached hydrogen (secondary N) is 1. The Hall–Kier alpha value is -0.120. The van der Waals surface area contributed by atoms with E-state index in [1.807, 2.05) is 0 Å². The average molecular weight is 214 g/mol. The molecule has 1 unspecified atom stereocenters. The standard InChI is InChI=1S/C12H26N2O/c1-3-5-12(13-6-4-2)11-14-7-9-15-10-8-14/h12-13H,3-11H2,1-2H3. The van der Waals surface area contributed by atoms with Gasteiger partial charge in [-0.25, -0.2) is 0 Å². The summed E-state index contributed by atoms with van der Waals surface area (Å²) in [5.41, 5.74) is 0. The molecule has 0 aromatic heterocycles. The van der Waals surface area contributed by atoms with Gasteiger partial charge >= 0.3 is 0 Å². The van der Waals surface area contributed by atoms with Gasteiger partial charge < -0.3 is 10.1 Å². The van der Waals surface area contributed by atoms with Crippen LogP contribution in [0.1, 0.15) is 33.1 Å². The minimum Gasteiger partial charge on any atom is -0.379 e. The van der Waals surface area contributed by atoms with Crippen LogP contribution in [0, 0.1) is 0 Å². The van der Waals surface area contributed by atoms with Gasteiger partial charge in [0.25, 0.3) is 0 Å². The first-order chi connectivity index (χ1) is 7.36. The summed E-state index contributed by atoms with van der Waals surface area (Å²) in [4.78, 5) is 2.52. The van der Waals surface area contributed by atoms with Gasteiger partial charge in [-0.1, -0.05) is 20.3 Å². The van der Waals surface area contributed by atoms with Crippen molar-refractivity contribution in [2.24, 2.45) is 0 Å². The van der Waals surface area contributed by atoms with Gasteiger partial charge in [0, 0.05) is 25.7 Å². The van der Waals surface area contributed by atoms with E-state index in [0.29, 0.717) is 6.04 Å². The molecule has 0 aromatic carbocycles. The molecule has 1 rings (SSSR count). The zero-order valence-corrected chi connectivity index (χ0v) is 10.3. The zero-order chi connectivity index (χ0) is 10.9. The molecule has 0 saturated carbocycles. The van der Waals surface area contributed by atoms with E-state index in [1.165, 1.54) is 25.8 Å². The lowest BCUT2D eigenvalue weighted by molar-refractivity contribution is 0.0331. The summed E-state index contributed by atoms with van der Waals surface area (Å²) in [7, 11) is 0. The van der Waals surface area contributed by atoms with E-state index in [9.17, 15) is 0 Å². The Morgan fingerprint density at radius 1 is 1.20 bits per heavy atom. The Balaban J connectivity index is 2.21. The fourth-order valence-electron chi connectivity index (χ4n) is 2.05. The molecular formula is C12H26N2O. The molecule has 0 bridgehead atoms. The molecule has 1 aliphatic rings. The van der Waals surface area contributed by atoms with Crippen LogP contribution < -0.4 is 5.32 Å². The van der Waals surface area contributed by atoms with Crippen molar-refractivity contribution in [2.45, 2.75) is 39.2 Å². The lowest BCUT2D eigenvalue weighted by atomic mass is 10.1. The van der Waals surface area contributed by atoms with E-state index < -0.39 is 0 Å². The highest BCUT2D eigenvalue weighted by molar-refractivity contribution is 4.73. The summed E-state index contributed by atoms with van der Waals surface area (Å²) in [6.07, 6.45) is 3.78. The quantitative estimate of drug-likeness (QED) is 0.695. The van der Waals surface area contributed by atoms with E-state index in [2.05, 4.69) is 24.1 Å². The molecule has 0 aromatic rings. The molecule has 0 radical (unpaired) electrons. The number of morpholine rings is 1. The van der Waals surface area contributed by atoms with Crippen LogP contribution in [0.2, 0.25) is 0 Å². The molecule has 3 nitrogen and oxygen atoms in total. The Labute approximate surface area is 94.2 Å². The highest BCUT2D eigenvalue weighted by atomic mass is 16.5. The van der Waals surface area contributed by atoms with E-state index in [4.69, 9.17) is 4.74 Å². The van der Waals surface area contributed by atoms with Crippen molar-refractivity contribution in [1.29, 1.82) is 0 Å². The Morgan fingerprint density at radius 2 is 1.93 bits per heavy atom. The molecule has 1 saturated heterocycles. The number of rotatable bonds is 7. The Bertz CT molecular complexity index is 147. The smallest absolute Gasteiger partial charge is 0.0594 e. The first kappa shape index (κ1) is 12.9. The predicted octanol–water partition coefficient (Wildman–Crippen LogP) is 1.49. The molecule has 1 atom stereocenters. The van der Waals surface area contributed by atoms with Gasteiger partial charge in [-0.3, -0.25) is 4.90 Å². The van der Waals surface area contributed by atoms with Gasteiger partial charge in [-0.05, 0) is 19.4 Å². The van der Waals surface area contributed by atoms with Gasteiger partial charge in [0.15, 0.2) is 0 Å². The topological polar surface area (TPSA) is 24.5 Å². The second kappa shape index (κ2) is 8.08. The summed E-state index contributed by atoms with van der Waals surface area (Å²) in [6.45, 7) is 10.9. The summed E-state index contributed by atoms with van der Waals surface area (Å²) < 4.78 is 5.36. The molecule has 0 spiro atoms. The maximum Gasteiger partial charge on any atom is 0.0594 e. The molecular weight excluding hydrogens is 188 g/mol. The van der Waals surface area contributed by atoms with Crippen LogP contribution >= 0.6 is 0 Å². The number of hydrogen-bond acceptors (Lipinski definition) is 3. The van der Waals surface area contributed by atoms with Gasteiger partial charge in [0.1, 0.15) is 0 Å². The van der Waals surface area contributed by atoms with E-state index >= 15 is 0 Å². The van der Waals surface area contributed by atoms with Crippen molar-refractivity contribution in [3.63, 3.8) is 0 Å². The van der Waals surface area contributed by atoms with Crippen LogP contribution in [0.15, 0.2) is 0 Å². The number of ether oxygens (including phenoxy) is 1. The fraction of sp³-hybridized carbons (Fsp3) is 1.00. The third kappa shape index (κ3) is 5.50. The SMILES string of the molecule is CCCNC(CCC)CN1CCOCC1. The predicted molar refractivity (Wildman–Crippen MR) is 64.2 cm³/mol. The van der Waals surface area contributed by atoms with Gasteiger partial charge in [0.05, 0.1) is 13.2 Å². The number of hydrogen-bond donors (Lipinski definition) is 1. The monoisotopic (exact) mass is 214 g/mol. The maximum atomic E-state index is 5.36. The average Bonchev–Trinajstić information content (AvgIpc) is 2.28. The largest absolute Gasteiger partial charge is 0.379 e. The van der Waals surface area contributed by atoms with Crippen molar-refractivity contribution in [1.82, 2.24) is 10.2 Å². The molecule has 3 heteroatoms. The van der Waals surface area contributed by atoms with E-state index in [-0.39, 0.29) is 0 Å². The van der Waals surface area contributed by atoms with Crippen molar-refractivity contribution >= 4 is 0 Å². The van der Waals surface area contributed by atoms with E-state index in [1.54, 1.807) is 0 Å². The molecule has 0 amide bonds. The van der Waals surface area contributed by atoms with Gasteiger partial charge in [-0.2, -0.15) is 0 Å². The summed E-state index contributed by atoms with van der Waals surface area (Å²) in [5, 5.41) is 3.64. The van der Waals surface area contributed by atoms with Crippen molar-refractivity contribution < 1.29 is 4.74 Å². The van der Waals surface area contributed by atoms with Crippen molar-refractivity contribution in [2.75, 3.05) is 39.4 Å². The minimum atomic E-state index is 0.674. The van der Waals surface area contributed by atoms with Crippen LogP contribution in [0.3, 0.4) is 0 Å². The van der Waals surface area contributed by atoms with Crippen LogP contribution in [0.25, 0.3) is 0 Å². The highest BCUT2D eigenvalue weighted by Crippen LogP contribution is 2.03. The van der Waals surface area contributed by atoms with Crippen LogP contribution in [0.4, 0.5) is 0 Å². The van der Waals surface area contributed by atoms with Gasteiger partial charge in [-0.15, -0.1) is 0 Å². The molecule has 1 aliphatic heterocycles. The van der Waals surface area contributed by atoms with E-state index in [0.717, 1.165) is 32.8 Å². The van der Waals surface area contributed by atoms with Crippen LogP contribution in [-0.2, 0) is 4.74 Å². The Morgan fingerprint density at radius 3 is 2.53 bits per heavy atom. The molecule has 1 fully saturated rings. The van der Waals surface area contributed by atoms with Crippen molar-refractivity contribution in [3.8, 4) is 0 Å². The lowest BCUT2D eigenvalue weighted by Crippen LogP contribution is -2.45. The highest BCUT2D eigenvalue weighted by Gasteiger charge is 2.15. The van der Waals surface area contributed by atoms with Crippen molar-refractivity contribution in [3.05, 3.63) is 0 Å². The Kier molecular flexibility index (Phi) is 6.98. The maximum absolute atomic E-state index is 5.36. The molecule has 1 N–H and O–H groups in total. The first-order valence-electron chi connectivity index (χ1n) is 6.40. The van der Waals surface area contributed by atoms with Gasteiger partial charge in [0.2, 0.25) is 0 Å². The normalized spacial score (nSPS) is 20.4. The van der Waals surface area contributed by atoms with Crippen LogP contribution in [-0.4, -0.2) is 50.3 Å². The third-order valence-corrected chi connectivity index (χ3v) is 2.90. The second-order valence-electron chi connectivity index (χ2n) is 4.35. The van der Waals surface area contributed by atoms with Crippen LogP contribution in [0.5, 0.6) is 0 Å². The molecule has 15 heavy (non-hydrogen) atoms. The fourth-order valence-corrected chi connectivity index (χ4v) is 2.05. The lowest BCUT2D eigenvalue weighted by Gasteiger charge is -2.30. The summed E-state index contributed by atoms with van der Waals surface area (Å²) >= 11 is 0. The summed E-state index contributed by atoms with van der Waals surface area (Å²) in [6, 6.07) is 0.674. The molecule has 0 aliphatic carbocycles. The molecule has 90 valence electrons. The third-order valence-electron chi connectivity index (χ3n) is 2.90. The first-order valence-corrected chi connectivity index (χ1v) is 6.40. The minimum absolute atomic E-state index is 0.674. The zero-order valence-electron chi connectivity index (χ0n) is 10.3.